The SMILES string of the molecule is CC1(C)[C@@H](O[C@H]2OC(C(=O)O)[C@@H](O)C(O)[C@@H]2O[C@@H]2OC(C(=O)O)[C@@H](O)C(O)[C@@H]2O)CC[C@]2(C)[C@H]3C(=O)C=C4[C@H]5C[C@@](C)(C(=O)O)CC[C@]5(C)CC[C@@]4(C)[C@]3(C)CC[C@@H]12.N. The molecule has 17 nitrogen and oxygen atoms in total. The number of carboxylic acid groups (broad SMARTS) is 3. The zero-order valence-corrected chi connectivity index (χ0v) is 35.1. The van der Waals surface area contributed by atoms with Crippen LogP contribution in [0.2, 0.25) is 0 Å². The number of ketones is 1. The Bertz CT molecular complexity index is 1740. The Morgan fingerprint density at radius 1 is 0.695 bits per heavy atom. The number of carbonyl (C=O) groups is 4. The summed E-state index contributed by atoms with van der Waals surface area (Å²) in [7, 11) is 0. The minimum Gasteiger partial charge on any atom is -0.481 e. The van der Waals surface area contributed by atoms with Crippen molar-refractivity contribution in [1.82, 2.24) is 6.15 Å². The number of ether oxygens (including phenoxy) is 4. The second-order valence-corrected chi connectivity index (χ2v) is 20.6. The van der Waals surface area contributed by atoms with Crippen molar-refractivity contribution in [2.45, 2.75) is 174 Å². The van der Waals surface area contributed by atoms with Crippen molar-refractivity contribution >= 4 is 23.7 Å². The summed E-state index contributed by atoms with van der Waals surface area (Å²) < 4.78 is 23.4. The molecule has 0 spiro atoms. The quantitative estimate of drug-likeness (QED) is 0.166. The van der Waals surface area contributed by atoms with Crippen LogP contribution in [0, 0.1) is 50.2 Å². The smallest absolute Gasteiger partial charge is 0.335 e. The lowest BCUT2D eigenvalue weighted by Gasteiger charge is -2.70. The van der Waals surface area contributed by atoms with Crippen molar-refractivity contribution in [1.29, 1.82) is 0 Å². The van der Waals surface area contributed by atoms with Gasteiger partial charge in [-0.15, -0.1) is 0 Å². The summed E-state index contributed by atoms with van der Waals surface area (Å²) in [4.78, 5) is 51.3. The van der Waals surface area contributed by atoms with Crippen LogP contribution in [0.15, 0.2) is 11.6 Å². The number of fused-ring (bicyclic) bond motifs is 7. The van der Waals surface area contributed by atoms with E-state index in [9.17, 15) is 60.0 Å². The fourth-order valence-electron chi connectivity index (χ4n) is 13.4. The first-order valence-electron chi connectivity index (χ1n) is 20.7. The van der Waals surface area contributed by atoms with Crippen LogP contribution in [0.1, 0.15) is 106 Å². The fraction of sp³-hybridized carbons (Fsp3) is 0.857. The van der Waals surface area contributed by atoms with Gasteiger partial charge in [-0.2, -0.15) is 0 Å². The van der Waals surface area contributed by atoms with Crippen LogP contribution in [0.4, 0.5) is 0 Å². The molecule has 334 valence electrons. The molecule has 0 aromatic heterocycles. The van der Waals surface area contributed by atoms with Gasteiger partial charge in [0.25, 0.3) is 0 Å². The van der Waals surface area contributed by atoms with Gasteiger partial charge in [0, 0.05) is 5.92 Å². The van der Waals surface area contributed by atoms with E-state index in [1.807, 2.05) is 26.8 Å². The fourth-order valence-corrected chi connectivity index (χ4v) is 13.4. The van der Waals surface area contributed by atoms with Crippen LogP contribution in [0.5, 0.6) is 0 Å². The van der Waals surface area contributed by atoms with Gasteiger partial charge in [-0.25, -0.2) is 9.59 Å². The van der Waals surface area contributed by atoms with E-state index in [4.69, 9.17) is 18.9 Å². The molecule has 0 bridgehead atoms. The van der Waals surface area contributed by atoms with Gasteiger partial charge in [0.1, 0.15) is 36.6 Å². The largest absolute Gasteiger partial charge is 0.481 e. The van der Waals surface area contributed by atoms with E-state index in [1.165, 1.54) is 0 Å². The van der Waals surface area contributed by atoms with Crippen LogP contribution in [0.3, 0.4) is 0 Å². The molecule has 4 saturated carbocycles. The summed E-state index contributed by atoms with van der Waals surface area (Å²) >= 11 is 0. The first kappa shape index (κ1) is 45.9. The second-order valence-electron chi connectivity index (χ2n) is 20.6. The maximum atomic E-state index is 14.8. The standard InChI is InChI=1S/C42H62O16.H3N/c1-37(2)21-8-11-42(7)31(20(43)16-18-19-17-39(4,36(53)54)13-12-38(19,3)14-15-41(18,42)6)40(21,5)10-9-22(37)55-35-30(26(47)25(46)29(57-35)33(51)52)58-34-27(48)23(44)24(45)28(56-34)32(49)50;/h16,19,21-31,34-35,44-48H,8-15,17H2,1-7H3,(H,49,50)(H,51,52)(H,53,54);1H3/t19-,21+,22+,23?,24+,25+,26?,27+,28?,29?,30+,31-,34+,35+,38-,39+,40+,41-,42-;/m1./s1. The highest BCUT2D eigenvalue weighted by molar-refractivity contribution is 5.95. The van der Waals surface area contributed by atoms with E-state index in [1.54, 1.807) is 0 Å². The van der Waals surface area contributed by atoms with Crippen molar-refractivity contribution in [2.24, 2.45) is 50.2 Å². The van der Waals surface area contributed by atoms with E-state index in [0.29, 0.717) is 25.7 Å². The summed E-state index contributed by atoms with van der Waals surface area (Å²) in [6, 6.07) is 0. The molecule has 0 aromatic rings. The average molecular weight is 840 g/mol. The van der Waals surface area contributed by atoms with Gasteiger partial charge in [0.15, 0.2) is 30.6 Å². The monoisotopic (exact) mass is 839 g/mol. The Labute approximate surface area is 344 Å². The summed E-state index contributed by atoms with van der Waals surface area (Å²) in [5, 5.41) is 83.0. The van der Waals surface area contributed by atoms with E-state index in [2.05, 4.69) is 27.7 Å². The number of hydrogen-bond acceptors (Lipinski definition) is 14. The summed E-state index contributed by atoms with van der Waals surface area (Å²) in [5.41, 5.74) is -1.81. The number of aliphatic hydroxyl groups excluding tert-OH is 5. The third-order valence-electron chi connectivity index (χ3n) is 17.2. The maximum absolute atomic E-state index is 14.8. The molecular weight excluding hydrogens is 774 g/mol. The minimum atomic E-state index is -2.05. The van der Waals surface area contributed by atoms with Gasteiger partial charge in [-0.1, -0.05) is 47.1 Å². The molecule has 5 aliphatic carbocycles. The van der Waals surface area contributed by atoms with Gasteiger partial charge < -0.3 is 66.0 Å². The van der Waals surface area contributed by atoms with E-state index < -0.39 is 107 Å². The predicted molar refractivity (Wildman–Crippen MR) is 204 cm³/mol. The first-order valence-corrected chi connectivity index (χ1v) is 20.7. The summed E-state index contributed by atoms with van der Waals surface area (Å²) in [6.45, 7) is 14.8. The van der Waals surface area contributed by atoms with Crippen LogP contribution < -0.4 is 6.15 Å². The molecule has 2 aliphatic heterocycles. The molecule has 7 rings (SSSR count). The number of hydrogen-bond donors (Lipinski definition) is 9. The summed E-state index contributed by atoms with van der Waals surface area (Å²) in [5.74, 6) is -4.47. The zero-order chi connectivity index (χ0) is 42.9. The van der Waals surface area contributed by atoms with Crippen LogP contribution >= 0.6 is 0 Å². The van der Waals surface area contributed by atoms with Crippen molar-refractivity contribution < 1.29 is 79.0 Å². The van der Waals surface area contributed by atoms with Crippen molar-refractivity contribution in [2.75, 3.05) is 0 Å². The van der Waals surface area contributed by atoms with Crippen LogP contribution in [-0.4, -0.2) is 132 Å². The highest BCUT2D eigenvalue weighted by Gasteiger charge is 2.71. The lowest BCUT2D eigenvalue weighted by molar-refractivity contribution is -0.371. The second kappa shape index (κ2) is 15.1. The molecule has 2 heterocycles. The van der Waals surface area contributed by atoms with E-state index in [0.717, 1.165) is 37.7 Å². The Morgan fingerprint density at radius 2 is 1.27 bits per heavy atom. The molecular formula is C42H65NO16. The number of carbonyl (C=O) groups excluding carboxylic acids is 1. The van der Waals surface area contributed by atoms with Crippen molar-refractivity contribution in [3.05, 3.63) is 11.6 Å². The molecule has 11 N–H and O–H groups in total. The van der Waals surface area contributed by atoms with Crippen LogP contribution in [-0.2, 0) is 38.1 Å². The molecule has 6 fully saturated rings. The Kier molecular flexibility index (Phi) is 11.7. The molecule has 19 atom stereocenters. The highest BCUT2D eigenvalue weighted by Crippen LogP contribution is 2.75. The van der Waals surface area contributed by atoms with Gasteiger partial charge in [-0.05, 0) is 110 Å². The maximum Gasteiger partial charge on any atom is 0.335 e. The van der Waals surface area contributed by atoms with Gasteiger partial charge in [-0.3, -0.25) is 9.59 Å². The highest BCUT2D eigenvalue weighted by atomic mass is 16.8. The number of aliphatic hydroxyl groups is 5. The number of allylic oxidation sites excluding steroid dienone is 2. The van der Waals surface area contributed by atoms with Gasteiger partial charge in [0.05, 0.1) is 11.5 Å². The van der Waals surface area contributed by atoms with Crippen LogP contribution in [0.25, 0.3) is 0 Å². The van der Waals surface area contributed by atoms with E-state index >= 15 is 0 Å². The molecule has 0 radical (unpaired) electrons. The molecule has 17 heteroatoms. The molecule has 0 amide bonds. The van der Waals surface area contributed by atoms with E-state index in [-0.39, 0.29) is 40.5 Å². The minimum absolute atomic E-state index is 0. The normalized spacial score (nSPS) is 51.7. The molecule has 0 aromatic carbocycles. The number of aliphatic carboxylic acids is 3. The van der Waals surface area contributed by atoms with Gasteiger partial charge >= 0.3 is 17.9 Å². The lowest BCUT2D eigenvalue weighted by atomic mass is 9.33. The zero-order valence-electron chi connectivity index (χ0n) is 35.1. The van der Waals surface area contributed by atoms with Gasteiger partial charge in [0.2, 0.25) is 0 Å². The number of rotatable bonds is 7. The third kappa shape index (κ3) is 6.72. The third-order valence-corrected chi connectivity index (χ3v) is 17.2. The molecule has 4 unspecified atom stereocenters. The first-order chi connectivity index (χ1) is 26.8. The Hall–Kier alpha value is -2.58. The molecule has 59 heavy (non-hydrogen) atoms. The Balaban J connectivity index is 0.00000585. The molecule has 7 aliphatic rings. The average Bonchev–Trinajstić information content (AvgIpc) is 3.13. The Morgan fingerprint density at radius 3 is 1.86 bits per heavy atom. The topological polar surface area (TPSA) is 302 Å². The summed E-state index contributed by atoms with van der Waals surface area (Å²) in [6.07, 6.45) is -12.2. The predicted octanol–water partition coefficient (Wildman–Crippen LogP) is 2.41. The van der Waals surface area contributed by atoms with Crippen molar-refractivity contribution in [3.63, 3.8) is 0 Å². The number of carboxylic acids is 3. The lowest BCUT2D eigenvalue weighted by Crippen LogP contribution is -2.68. The van der Waals surface area contributed by atoms with Crippen molar-refractivity contribution in [3.8, 4) is 0 Å². The molecule has 2 saturated heterocycles.